The molecule has 10 heteroatoms. The molecule has 1 aliphatic rings. The average Bonchev–Trinajstić information content (AvgIpc) is 2.66. The van der Waals surface area contributed by atoms with Crippen molar-refractivity contribution in [2.45, 2.75) is 24.2 Å². The number of nitrogens with one attached hydrogen (secondary N) is 1. The van der Waals surface area contributed by atoms with Crippen LogP contribution in [-0.4, -0.2) is 68.7 Å². The Hall–Kier alpha value is -2.04. The van der Waals surface area contributed by atoms with E-state index in [-0.39, 0.29) is 23.0 Å². The van der Waals surface area contributed by atoms with Crippen LogP contribution in [0.3, 0.4) is 0 Å². The number of carbonyl (C=O) groups excluding carboxylic acids is 1. The fourth-order valence-corrected chi connectivity index (χ4v) is 4.29. The average molecular weight is 398 g/mol. The fourth-order valence-electron chi connectivity index (χ4n) is 3.13. The number of sulfonamides is 1. The number of piperidine rings is 1. The molecule has 9 nitrogen and oxygen atoms in total. The second-order valence-electron chi connectivity index (χ2n) is 6.73. The van der Waals surface area contributed by atoms with Gasteiger partial charge in [-0.25, -0.2) is 8.42 Å². The quantitative estimate of drug-likeness (QED) is 0.518. The first-order chi connectivity index (χ1) is 12.8. The third-order valence-electron chi connectivity index (χ3n) is 4.86. The second-order valence-corrected chi connectivity index (χ2v) is 8.78. The van der Waals surface area contributed by atoms with Crippen molar-refractivity contribution in [1.82, 2.24) is 14.5 Å². The van der Waals surface area contributed by atoms with E-state index in [1.54, 1.807) is 4.90 Å². The molecular formula is C17H26N4O5S. The van der Waals surface area contributed by atoms with Crippen LogP contribution in [0.1, 0.15) is 19.3 Å². The van der Waals surface area contributed by atoms with Gasteiger partial charge in [-0.1, -0.05) is 6.07 Å². The van der Waals surface area contributed by atoms with E-state index >= 15 is 0 Å². The second kappa shape index (κ2) is 9.25. The van der Waals surface area contributed by atoms with E-state index in [4.69, 9.17) is 0 Å². The van der Waals surface area contributed by atoms with E-state index in [0.717, 1.165) is 36.2 Å². The molecule has 0 aliphatic carbocycles. The lowest BCUT2D eigenvalue weighted by Gasteiger charge is -2.33. The number of nitrogens with zero attached hydrogens (tertiary/aromatic N) is 3. The molecule has 150 valence electrons. The lowest BCUT2D eigenvalue weighted by Crippen LogP contribution is -2.44. The number of nitro groups is 1. The summed E-state index contributed by atoms with van der Waals surface area (Å²) in [5.41, 5.74) is -0.306. The van der Waals surface area contributed by atoms with E-state index in [1.165, 1.54) is 25.2 Å². The first-order valence-electron chi connectivity index (χ1n) is 8.89. The summed E-state index contributed by atoms with van der Waals surface area (Å²) in [4.78, 5) is 24.2. The molecule has 1 saturated heterocycles. The highest BCUT2D eigenvalue weighted by Crippen LogP contribution is 2.22. The van der Waals surface area contributed by atoms with Crippen LogP contribution in [0.15, 0.2) is 29.2 Å². The molecule has 2 rings (SSSR count). The highest BCUT2D eigenvalue weighted by atomic mass is 32.2. The van der Waals surface area contributed by atoms with Gasteiger partial charge >= 0.3 is 0 Å². The minimum atomic E-state index is -3.98. The molecule has 1 aromatic rings. The number of hydrogen-bond donors (Lipinski definition) is 1. The van der Waals surface area contributed by atoms with Crippen molar-refractivity contribution in [2.75, 3.05) is 40.3 Å². The van der Waals surface area contributed by atoms with E-state index in [1.807, 2.05) is 7.05 Å². The highest BCUT2D eigenvalue weighted by molar-refractivity contribution is 7.89. The van der Waals surface area contributed by atoms with Gasteiger partial charge in [0.15, 0.2) is 0 Å². The number of nitro benzene ring substituents is 1. The van der Waals surface area contributed by atoms with E-state index in [2.05, 4.69) is 5.32 Å². The maximum absolute atomic E-state index is 12.6. The maximum Gasteiger partial charge on any atom is 0.270 e. The molecule has 1 N–H and O–H groups in total. The van der Waals surface area contributed by atoms with Crippen LogP contribution in [0, 0.1) is 16.0 Å². The molecule has 1 aliphatic heterocycles. The molecule has 1 amide bonds. The zero-order valence-corrected chi connectivity index (χ0v) is 16.4. The van der Waals surface area contributed by atoms with Gasteiger partial charge in [-0.3, -0.25) is 14.9 Å². The summed E-state index contributed by atoms with van der Waals surface area (Å²) in [7, 11) is -0.754. The van der Waals surface area contributed by atoms with E-state index in [9.17, 15) is 23.3 Å². The van der Waals surface area contributed by atoms with Crippen LogP contribution in [0.25, 0.3) is 0 Å². The van der Waals surface area contributed by atoms with Crippen molar-refractivity contribution < 1.29 is 18.1 Å². The van der Waals surface area contributed by atoms with Crippen molar-refractivity contribution in [3.05, 3.63) is 34.4 Å². The first-order valence-corrected chi connectivity index (χ1v) is 10.3. The number of amides is 1. The predicted molar refractivity (Wildman–Crippen MR) is 101 cm³/mol. The Morgan fingerprint density at radius 3 is 2.63 bits per heavy atom. The third kappa shape index (κ3) is 5.47. The third-order valence-corrected chi connectivity index (χ3v) is 6.66. The van der Waals surface area contributed by atoms with Crippen molar-refractivity contribution in [1.29, 1.82) is 0 Å². The summed E-state index contributed by atoms with van der Waals surface area (Å²) in [6.45, 7) is 1.91. The smallest absolute Gasteiger partial charge is 0.270 e. The van der Waals surface area contributed by atoms with Gasteiger partial charge in [-0.15, -0.1) is 0 Å². The van der Waals surface area contributed by atoms with Gasteiger partial charge in [0.25, 0.3) is 5.69 Å². The molecule has 1 fully saturated rings. The molecule has 0 spiro atoms. The zero-order chi connectivity index (χ0) is 20.0. The minimum Gasteiger partial charge on any atom is -0.342 e. The lowest BCUT2D eigenvalue weighted by atomic mass is 9.93. The number of hydrogen-bond acceptors (Lipinski definition) is 6. The number of likely N-dealkylation sites (N-methyl/N-ethyl adjacent to an activating group) is 1. The summed E-state index contributed by atoms with van der Waals surface area (Å²) in [6.07, 6.45) is 2.89. The Morgan fingerprint density at radius 2 is 2.04 bits per heavy atom. The standard InChI is InChI=1S/C17H26N4O5S/c1-18-9-6-14-7-10-20(11-8-14)17(22)13-19(2)27(25,26)16-5-3-4-15(12-16)21(23)24/h3-5,12,14,18H,6-11,13H2,1-2H3. The van der Waals surface area contributed by atoms with Crippen molar-refractivity contribution >= 4 is 21.6 Å². The van der Waals surface area contributed by atoms with Gasteiger partial charge in [0.1, 0.15) is 0 Å². The van der Waals surface area contributed by atoms with Crippen LogP contribution in [0.5, 0.6) is 0 Å². The minimum absolute atomic E-state index is 0.197. The van der Waals surface area contributed by atoms with Gasteiger partial charge in [0, 0.05) is 32.3 Å². The maximum atomic E-state index is 12.6. The molecule has 0 atom stereocenters. The number of likely N-dealkylation sites (tertiary alicyclic amines) is 1. The molecule has 1 aromatic carbocycles. The zero-order valence-electron chi connectivity index (χ0n) is 15.6. The lowest BCUT2D eigenvalue weighted by molar-refractivity contribution is -0.385. The monoisotopic (exact) mass is 398 g/mol. The van der Waals surface area contributed by atoms with Crippen LogP contribution in [0.4, 0.5) is 5.69 Å². The fraction of sp³-hybridized carbons (Fsp3) is 0.588. The molecule has 1 heterocycles. The molecule has 0 saturated carbocycles. The van der Waals surface area contributed by atoms with Crippen molar-refractivity contribution in [2.24, 2.45) is 5.92 Å². The van der Waals surface area contributed by atoms with Gasteiger partial charge in [0.05, 0.1) is 16.4 Å². The molecule has 0 unspecified atom stereocenters. The van der Waals surface area contributed by atoms with E-state index in [0.29, 0.717) is 19.0 Å². The summed E-state index contributed by atoms with van der Waals surface area (Å²) in [6, 6.07) is 4.83. The Labute approximate surface area is 159 Å². The van der Waals surface area contributed by atoms with Gasteiger partial charge in [-0.05, 0) is 44.8 Å². The number of carbonyl (C=O) groups is 1. The summed E-state index contributed by atoms with van der Waals surface area (Å²) >= 11 is 0. The number of rotatable bonds is 8. The SMILES string of the molecule is CNCCC1CCN(C(=O)CN(C)S(=O)(=O)c2cccc([N+](=O)[O-])c2)CC1. The van der Waals surface area contributed by atoms with Crippen LogP contribution < -0.4 is 5.32 Å². The summed E-state index contributed by atoms with van der Waals surface area (Å²) in [5, 5.41) is 14.0. The van der Waals surface area contributed by atoms with E-state index < -0.39 is 14.9 Å². The molecule has 0 bridgehead atoms. The van der Waals surface area contributed by atoms with Crippen LogP contribution in [-0.2, 0) is 14.8 Å². The summed E-state index contributed by atoms with van der Waals surface area (Å²) in [5.74, 6) is 0.325. The molecular weight excluding hydrogens is 372 g/mol. The van der Waals surface area contributed by atoms with Gasteiger partial charge in [-0.2, -0.15) is 4.31 Å². The van der Waals surface area contributed by atoms with Crippen LogP contribution >= 0.6 is 0 Å². The Morgan fingerprint density at radius 1 is 1.37 bits per heavy atom. The Balaban J connectivity index is 1.97. The first kappa shape index (κ1) is 21.3. The normalized spacial score (nSPS) is 15.9. The predicted octanol–water partition coefficient (Wildman–Crippen LogP) is 1.06. The number of benzene rings is 1. The van der Waals surface area contributed by atoms with Crippen LogP contribution in [0.2, 0.25) is 0 Å². The molecule has 27 heavy (non-hydrogen) atoms. The molecule has 0 radical (unpaired) electrons. The van der Waals surface area contributed by atoms with Gasteiger partial charge in [0.2, 0.25) is 15.9 Å². The largest absolute Gasteiger partial charge is 0.342 e. The summed E-state index contributed by atoms with van der Waals surface area (Å²) < 4.78 is 26.2. The Kier molecular flexibility index (Phi) is 7.28. The van der Waals surface area contributed by atoms with Crippen molar-refractivity contribution in [3.63, 3.8) is 0 Å². The topological polar surface area (TPSA) is 113 Å². The highest BCUT2D eigenvalue weighted by Gasteiger charge is 2.28. The number of non-ortho nitro benzene ring substituents is 1. The van der Waals surface area contributed by atoms with Crippen molar-refractivity contribution in [3.8, 4) is 0 Å². The van der Waals surface area contributed by atoms with Gasteiger partial charge < -0.3 is 10.2 Å². The Bertz CT molecular complexity index is 775. The molecule has 0 aromatic heterocycles.